The highest BCUT2D eigenvalue weighted by atomic mass is 19.4. The van der Waals surface area contributed by atoms with Crippen LogP contribution in [0, 0.1) is 13.8 Å². The zero-order chi connectivity index (χ0) is 19.1. The van der Waals surface area contributed by atoms with E-state index in [-0.39, 0.29) is 5.56 Å². The Kier molecular flexibility index (Phi) is 4.90. The Morgan fingerprint density at radius 1 is 0.875 bits per heavy atom. The van der Waals surface area contributed by atoms with Crippen LogP contribution in [-0.2, 0) is 4.79 Å². The molecule has 0 saturated carbocycles. The third-order valence-corrected chi connectivity index (χ3v) is 3.28. The number of carbonyl (C=O) groups excluding carboxylic acids is 1. The molecule has 0 spiro atoms. The van der Waals surface area contributed by atoms with Crippen molar-refractivity contribution in [2.24, 2.45) is 0 Å². The van der Waals surface area contributed by atoms with Crippen molar-refractivity contribution in [3.05, 3.63) is 29.3 Å². The first-order chi connectivity index (χ1) is 10.6. The summed E-state index contributed by atoms with van der Waals surface area (Å²) in [6.45, 7) is 2.76. The van der Waals surface area contributed by atoms with E-state index in [2.05, 4.69) is 0 Å². The smallest absolute Gasteiger partial charge is 0.320 e. The molecule has 0 unspecified atom stereocenters. The normalized spacial score (nSPS) is 13.8. The molecule has 0 aliphatic rings. The first-order valence-corrected chi connectivity index (χ1v) is 6.15. The molecule has 0 aliphatic carbocycles. The second kappa shape index (κ2) is 5.85. The standard InChI is InChI=1S/C13H10F9NO/c1-6-4-3-5-8(7(6)2)23-9(24)10(14,15)11(16,17)12(18,19)13(20,21)22/h3-5H,1-2H3,(H,23,24). The number of hydrogen-bond donors (Lipinski definition) is 1. The molecule has 0 aromatic heterocycles. The summed E-state index contributed by atoms with van der Waals surface area (Å²) in [5, 5.41) is 1.25. The summed E-state index contributed by atoms with van der Waals surface area (Å²) in [5.74, 6) is -23.4. The summed E-state index contributed by atoms with van der Waals surface area (Å²) < 4.78 is 114. The lowest BCUT2D eigenvalue weighted by molar-refractivity contribution is -0.388. The van der Waals surface area contributed by atoms with Gasteiger partial charge in [-0.05, 0) is 31.0 Å². The van der Waals surface area contributed by atoms with Gasteiger partial charge in [-0.3, -0.25) is 4.79 Å². The van der Waals surface area contributed by atoms with Crippen molar-refractivity contribution in [2.45, 2.75) is 37.8 Å². The van der Waals surface area contributed by atoms with E-state index in [1.807, 2.05) is 0 Å². The van der Waals surface area contributed by atoms with E-state index in [1.165, 1.54) is 31.3 Å². The molecule has 1 amide bonds. The molecule has 1 N–H and O–H groups in total. The molecule has 1 aromatic carbocycles. The number of halogens is 9. The Morgan fingerprint density at radius 2 is 1.38 bits per heavy atom. The van der Waals surface area contributed by atoms with E-state index in [1.54, 1.807) is 0 Å². The number of rotatable bonds is 4. The van der Waals surface area contributed by atoms with Crippen molar-refractivity contribution in [3.8, 4) is 0 Å². The number of carbonyl (C=O) groups is 1. The largest absolute Gasteiger partial charge is 0.460 e. The average molecular weight is 367 g/mol. The molecule has 0 heterocycles. The SMILES string of the molecule is Cc1cccc(NC(=O)C(F)(F)C(F)(F)C(F)(F)C(F)(F)F)c1C. The van der Waals surface area contributed by atoms with Gasteiger partial charge in [0, 0.05) is 5.69 Å². The number of benzene rings is 1. The zero-order valence-electron chi connectivity index (χ0n) is 12.0. The number of alkyl halides is 9. The Labute approximate surface area is 129 Å². The van der Waals surface area contributed by atoms with Gasteiger partial charge in [-0.25, -0.2) is 0 Å². The van der Waals surface area contributed by atoms with Crippen molar-refractivity contribution in [1.29, 1.82) is 0 Å². The maximum atomic E-state index is 13.4. The highest BCUT2D eigenvalue weighted by Crippen LogP contribution is 2.53. The first-order valence-electron chi connectivity index (χ1n) is 6.15. The van der Waals surface area contributed by atoms with Gasteiger partial charge in [-0.2, -0.15) is 39.5 Å². The van der Waals surface area contributed by atoms with Gasteiger partial charge in [0.25, 0.3) is 0 Å². The number of anilines is 1. The van der Waals surface area contributed by atoms with Crippen LogP contribution in [0.25, 0.3) is 0 Å². The van der Waals surface area contributed by atoms with Crippen LogP contribution in [0.15, 0.2) is 18.2 Å². The topological polar surface area (TPSA) is 29.1 Å². The van der Waals surface area contributed by atoms with Crippen LogP contribution in [0.1, 0.15) is 11.1 Å². The van der Waals surface area contributed by atoms with Crippen LogP contribution in [0.2, 0.25) is 0 Å². The predicted molar refractivity (Wildman–Crippen MR) is 65.4 cm³/mol. The van der Waals surface area contributed by atoms with Crippen LogP contribution in [0.4, 0.5) is 45.2 Å². The van der Waals surface area contributed by atoms with Gasteiger partial charge < -0.3 is 5.32 Å². The summed E-state index contributed by atoms with van der Waals surface area (Å²) >= 11 is 0. The molecule has 1 aromatic rings. The number of nitrogens with one attached hydrogen (secondary N) is 1. The Morgan fingerprint density at radius 3 is 1.83 bits per heavy atom. The monoisotopic (exact) mass is 367 g/mol. The van der Waals surface area contributed by atoms with Crippen LogP contribution in [0.5, 0.6) is 0 Å². The minimum atomic E-state index is -7.11. The van der Waals surface area contributed by atoms with Crippen molar-refractivity contribution in [3.63, 3.8) is 0 Å². The molecule has 136 valence electrons. The summed E-state index contributed by atoms with van der Waals surface area (Å²) in [6, 6.07) is 3.70. The van der Waals surface area contributed by atoms with Crippen LogP contribution >= 0.6 is 0 Å². The van der Waals surface area contributed by atoms with Gasteiger partial charge >= 0.3 is 29.9 Å². The Bertz CT molecular complexity index is 637. The molecule has 0 atom stereocenters. The van der Waals surface area contributed by atoms with Gasteiger partial charge in [0.2, 0.25) is 0 Å². The molecular weight excluding hydrogens is 357 g/mol. The van der Waals surface area contributed by atoms with Crippen molar-refractivity contribution >= 4 is 11.6 Å². The predicted octanol–water partition coefficient (Wildman–Crippen LogP) is 4.71. The Hall–Kier alpha value is -1.94. The molecular formula is C13H10F9NO. The van der Waals surface area contributed by atoms with Gasteiger partial charge in [0.15, 0.2) is 0 Å². The molecule has 0 aliphatic heterocycles. The van der Waals surface area contributed by atoms with Crippen molar-refractivity contribution in [2.75, 3.05) is 5.32 Å². The van der Waals surface area contributed by atoms with E-state index in [9.17, 15) is 44.3 Å². The Balaban J connectivity index is 3.23. The fourth-order valence-corrected chi connectivity index (χ4v) is 1.61. The van der Waals surface area contributed by atoms with Crippen molar-refractivity contribution < 1.29 is 44.3 Å². The third-order valence-electron chi connectivity index (χ3n) is 3.28. The molecule has 11 heteroatoms. The van der Waals surface area contributed by atoms with E-state index in [0.717, 1.165) is 6.07 Å². The molecule has 0 saturated heterocycles. The lowest BCUT2D eigenvalue weighted by atomic mass is 10.0. The summed E-state index contributed by atoms with van der Waals surface area (Å²) in [4.78, 5) is 11.3. The maximum Gasteiger partial charge on any atom is 0.460 e. The second-order valence-corrected chi connectivity index (χ2v) is 4.92. The van der Waals surface area contributed by atoms with Gasteiger partial charge in [0.1, 0.15) is 0 Å². The first kappa shape index (κ1) is 20.1. The molecule has 2 nitrogen and oxygen atoms in total. The molecule has 24 heavy (non-hydrogen) atoms. The highest BCUT2D eigenvalue weighted by molar-refractivity contribution is 5.97. The number of hydrogen-bond acceptors (Lipinski definition) is 1. The lowest BCUT2D eigenvalue weighted by Crippen LogP contribution is -2.64. The minimum absolute atomic E-state index is 0.146. The molecule has 0 fully saturated rings. The number of amides is 1. The molecule has 0 bridgehead atoms. The van der Waals surface area contributed by atoms with Crippen molar-refractivity contribution in [1.82, 2.24) is 0 Å². The van der Waals surface area contributed by atoms with Gasteiger partial charge in [0.05, 0.1) is 0 Å². The van der Waals surface area contributed by atoms with E-state index in [4.69, 9.17) is 0 Å². The van der Waals surface area contributed by atoms with Gasteiger partial charge in [-0.15, -0.1) is 0 Å². The number of aryl methyl sites for hydroxylation is 1. The van der Waals surface area contributed by atoms with E-state index < -0.39 is 35.5 Å². The highest BCUT2D eigenvalue weighted by Gasteiger charge is 2.83. The zero-order valence-corrected chi connectivity index (χ0v) is 12.0. The van der Waals surface area contributed by atoms with Crippen LogP contribution < -0.4 is 5.32 Å². The van der Waals surface area contributed by atoms with Crippen LogP contribution in [0.3, 0.4) is 0 Å². The van der Waals surface area contributed by atoms with Gasteiger partial charge in [-0.1, -0.05) is 12.1 Å². The van der Waals surface area contributed by atoms with Crippen LogP contribution in [-0.4, -0.2) is 29.9 Å². The quantitative estimate of drug-likeness (QED) is 0.768. The maximum absolute atomic E-state index is 13.4. The summed E-state index contributed by atoms with van der Waals surface area (Å²) in [5.41, 5.74) is 0.154. The van der Waals surface area contributed by atoms with E-state index >= 15 is 0 Å². The fraction of sp³-hybridized carbons (Fsp3) is 0.462. The summed E-state index contributed by atoms with van der Waals surface area (Å²) in [6.07, 6.45) is -6.97. The minimum Gasteiger partial charge on any atom is -0.320 e. The second-order valence-electron chi connectivity index (χ2n) is 4.92. The molecule has 1 rings (SSSR count). The molecule has 0 radical (unpaired) electrons. The lowest BCUT2D eigenvalue weighted by Gasteiger charge is -2.32. The average Bonchev–Trinajstić information content (AvgIpc) is 2.42. The summed E-state index contributed by atoms with van der Waals surface area (Å²) in [7, 11) is 0. The fourth-order valence-electron chi connectivity index (χ4n) is 1.61. The third kappa shape index (κ3) is 3.03. The van der Waals surface area contributed by atoms with E-state index in [0.29, 0.717) is 5.56 Å².